The first kappa shape index (κ1) is 15.0. The zero-order chi connectivity index (χ0) is 14.7. The molecule has 0 fully saturated rings. The Bertz CT molecular complexity index is 592. The molecule has 0 bridgehead atoms. The number of anilines is 1. The van der Waals surface area contributed by atoms with Crippen molar-refractivity contribution in [2.75, 3.05) is 5.32 Å². The molecule has 1 amide bonds. The van der Waals surface area contributed by atoms with Gasteiger partial charge in [-0.3, -0.25) is 4.79 Å². The molecule has 0 saturated carbocycles. The van der Waals surface area contributed by atoms with Crippen molar-refractivity contribution in [3.05, 3.63) is 45.9 Å². The van der Waals surface area contributed by atoms with Crippen LogP contribution in [0.4, 0.5) is 5.13 Å². The van der Waals surface area contributed by atoms with Gasteiger partial charge in [-0.25, -0.2) is 4.98 Å². The van der Waals surface area contributed by atoms with Crippen LogP contribution in [0.15, 0.2) is 30.5 Å². The number of nitrogens with one attached hydrogen (secondary N) is 1. The minimum absolute atomic E-state index is 0.0309. The second-order valence-electron chi connectivity index (χ2n) is 5.04. The Hall–Kier alpha value is -1.39. The Kier molecular flexibility index (Phi) is 4.78. The monoisotopic (exact) mass is 308 g/mol. The summed E-state index contributed by atoms with van der Waals surface area (Å²) in [5, 5.41) is 4.21. The summed E-state index contributed by atoms with van der Waals surface area (Å²) in [7, 11) is 0. The van der Waals surface area contributed by atoms with E-state index in [0.29, 0.717) is 10.2 Å². The van der Waals surface area contributed by atoms with Gasteiger partial charge in [0, 0.05) is 16.1 Å². The number of halogens is 1. The van der Waals surface area contributed by atoms with Gasteiger partial charge in [0.05, 0.1) is 5.92 Å². The zero-order valence-corrected chi connectivity index (χ0v) is 13.3. The average Bonchev–Trinajstić information content (AvgIpc) is 2.77. The van der Waals surface area contributed by atoms with Crippen molar-refractivity contribution in [2.24, 2.45) is 5.92 Å². The lowest BCUT2D eigenvalue weighted by Crippen LogP contribution is -2.25. The third kappa shape index (κ3) is 3.58. The highest BCUT2D eigenvalue weighted by molar-refractivity contribution is 7.15. The van der Waals surface area contributed by atoms with E-state index >= 15 is 0 Å². The highest BCUT2D eigenvalue weighted by Crippen LogP contribution is 2.28. The fourth-order valence-corrected chi connectivity index (χ4v) is 2.90. The number of carbonyl (C=O) groups is 1. The van der Waals surface area contributed by atoms with E-state index in [1.165, 1.54) is 11.3 Å². The lowest BCUT2D eigenvalue weighted by molar-refractivity contribution is -0.118. The predicted octanol–water partition coefficient (Wildman–Crippen LogP) is 4.48. The molecule has 0 radical (unpaired) electrons. The number of hydrogen-bond donors (Lipinski definition) is 1. The maximum absolute atomic E-state index is 12.5. The highest BCUT2D eigenvalue weighted by atomic mass is 35.5. The number of carbonyl (C=O) groups excluding carboxylic acids is 1. The molecule has 1 atom stereocenters. The number of aryl methyl sites for hydroxylation is 1. The lowest BCUT2D eigenvalue weighted by Gasteiger charge is -2.20. The third-order valence-electron chi connectivity index (χ3n) is 3.03. The zero-order valence-electron chi connectivity index (χ0n) is 11.7. The van der Waals surface area contributed by atoms with Crippen LogP contribution in [0.2, 0.25) is 5.02 Å². The summed E-state index contributed by atoms with van der Waals surface area (Å²) in [6.07, 6.45) is 1.76. The average molecular weight is 309 g/mol. The summed E-state index contributed by atoms with van der Waals surface area (Å²) < 4.78 is 0. The summed E-state index contributed by atoms with van der Waals surface area (Å²) >= 11 is 7.38. The van der Waals surface area contributed by atoms with Crippen LogP contribution in [0.25, 0.3) is 0 Å². The fraction of sp³-hybridized carbons (Fsp3) is 0.333. The second-order valence-corrected chi connectivity index (χ2v) is 6.71. The normalized spacial score (nSPS) is 12.4. The first-order valence-corrected chi connectivity index (χ1v) is 7.65. The van der Waals surface area contributed by atoms with Crippen LogP contribution in [-0.2, 0) is 4.79 Å². The molecule has 0 aliphatic rings. The van der Waals surface area contributed by atoms with Gasteiger partial charge in [0.15, 0.2) is 5.13 Å². The van der Waals surface area contributed by atoms with Crippen molar-refractivity contribution in [3.8, 4) is 0 Å². The third-order valence-corrected chi connectivity index (χ3v) is 4.11. The molecule has 2 rings (SSSR count). The SMILES string of the molecule is Cc1cnc(NC(=O)C(c2ccc(Cl)cc2)C(C)C)s1. The van der Waals surface area contributed by atoms with Gasteiger partial charge in [-0.1, -0.05) is 37.6 Å². The molecule has 1 heterocycles. The van der Waals surface area contributed by atoms with Crippen LogP contribution in [0.1, 0.15) is 30.2 Å². The van der Waals surface area contributed by atoms with Gasteiger partial charge in [-0.2, -0.15) is 0 Å². The van der Waals surface area contributed by atoms with Crippen LogP contribution >= 0.6 is 22.9 Å². The van der Waals surface area contributed by atoms with Crippen molar-refractivity contribution < 1.29 is 4.79 Å². The van der Waals surface area contributed by atoms with Crippen molar-refractivity contribution in [1.82, 2.24) is 4.98 Å². The van der Waals surface area contributed by atoms with Crippen LogP contribution in [0.3, 0.4) is 0 Å². The molecule has 0 spiro atoms. The van der Waals surface area contributed by atoms with Gasteiger partial charge in [0.2, 0.25) is 5.91 Å². The van der Waals surface area contributed by atoms with Crippen molar-refractivity contribution in [2.45, 2.75) is 26.7 Å². The topological polar surface area (TPSA) is 42.0 Å². The first-order valence-electron chi connectivity index (χ1n) is 6.46. The lowest BCUT2D eigenvalue weighted by atomic mass is 9.88. The number of aromatic nitrogens is 1. The Labute approximate surface area is 128 Å². The number of rotatable bonds is 4. The summed E-state index contributed by atoms with van der Waals surface area (Å²) in [6.45, 7) is 6.03. The molecule has 3 nitrogen and oxygen atoms in total. The molecule has 0 saturated heterocycles. The summed E-state index contributed by atoms with van der Waals surface area (Å²) in [4.78, 5) is 17.7. The number of benzene rings is 1. The van der Waals surface area contributed by atoms with E-state index in [2.05, 4.69) is 10.3 Å². The number of hydrogen-bond acceptors (Lipinski definition) is 3. The molecule has 1 N–H and O–H groups in total. The predicted molar refractivity (Wildman–Crippen MR) is 84.5 cm³/mol. The fourth-order valence-electron chi connectivity index (χ4n) is 2.10. The van der Waals surface area contributed by atoms with E-state index in [1.54, 1.807) is 6.20 Å². The number of nitrogens with zero attached hydrogens (tertiary/aromatic N) is 1. The maximum atomic E-state index is 12.5. The number of thiazole rings is 1. The second kappa shape index (κ2) is 6.37. The first-order chi connectivity index (χ1) is 9.47. The molecular formula is C15H17ClN2OS. The smallest absolute Gasteiger partial charge is 0.233 e. The molecule has 1 aromatic carbocycles. The summed E-state index contributed by atoms with van der Waals surface area (Å²) in [5.74, 6) is -0.0506. The summed E-state index contributed by atoms with van der Waals surface area (Å²) in [5.41, 5.74) is 0.968. The molecule has 1 aromatic heterocycles. The number of amides is 1. The largest absolute Gasteiger partial charge is 0.301 e. The van der Waals surface area contributed by atoms with Crippen LogP contribution in [0.5, 0.6) is 0 Å². The minimum atomic E-state index is -0.212. The van der Waals surface area contributed by atoms with Crippen LogP contribution < -0.4 is 5.32 Å². The van der Waals surface area contributed by atoms with Crippen molar-refractivity contribution in [3.63, 3.8) is 0 Å². The highest BCUT2D eigenvalue weighted by Gasteiger charge is 2.24. The van der Waals surface area contributed by atoms with Gasteiger partial charge in [-0.05, 0) is 30.5 Å². The van der Waals surface area contributed by atoms with Gasteiger partial charge in [0.25, 0.3) is 0 Å². The maximum Gasteiger partial charge on any atom is 0.233 e. The molecule has 0 aliphatic carbocycles. The Morgan fingerprint density at radius 2 is 1.95 bits per heavy atom. The summed E-state index contributed by atoms with van der Waals surface area (Å²) in [6, 6.07) is 7.43. The molecule has 1 unspecified atom stereocenters. The van der Waals surface area contributed by atoms with Crippen LogP contribution in [0, 0.1) is 12.8 Å². The molecule has 106 valence electrons. The van der Waals surface area contributed by atoms with Gasteiger partial charge < -0.3 is 5.32 Å². The van der Waals surface area contributed by atoms with E-state index in [0.717, 1.165) is 10.4 Å². The van der Waals surface area contributed by atoms with E-state index in [1.807, 2.05) is 45.0 Å². The van der Waals surface area contributed by atoms with Crippen molar-refractivity contribution >= 4 is 34.0 Å². The minimum Gasteiger partial charge on any atom is -0.301 e. The van der Waals surface area contributed by atoms with E-state index in [-0.39, 0.29) is 17.7 Å². The molecule has 5 heteroatoms. The van der Waals surface area contributed by atoms with Crippen LogP contribution in [-0.4, -0.2) is 10.9 Å². The Morgan fingerprint density at radius 3 is 2.45 bits per heavy atom. The molecular weight excluding hydrogens is 292 g/mol. The molecule has 20 heavy (non-hydrogen) atoms. The molecule has 2 aromatic rings. The van der Waals surface area contributed by atoms with E-state index in [9.17, 15) is 4.79 Å². The quantitative estimate of drug-likeness (QED) is 0.904. The van der Waals surface area contributed by atoms with E-state index < -0.39 is 0 Å². The van der Waals surface area contributed by atoms with Gasteiger partial charge in [0.1, 0.15) is 0 Å². The van der Waals surface area contributed by atoms with E-state index in [4.69, 9.17) is 11.6 Å². The molecule has 0 aliphatic heterocycles. The standard InChI is InChI=1S/C15H17ClN2OS/c1-9(2)13(11-4-6-12(16)7-5-11)14(19)18-15-17-8-10(3)20-15/h4-9,13H,1-3H3,(H,17,18,19). The Morgan fingerprint density at radius 1 is 1.30 bits per heavy atom. The van der Waals surface area contributed by atoms with Gasteiger partial charge >= 0.3 is 0 Å². The Balaban J connectivity index is 2.20. The van der Waals surface area contributed by atoms with Crippen molar-refractivity contribution in [1.29, 1.82) is 0 Å². The van der Waals surface area contributed by atoms with Gasteiger partial charge in [-0.15, -0.1) is 11.3 Å².